The van der Waals surface area contributed by atoms with E-state index in [0.29, 0.717) is 0 Å². The predicted molar refractivity (Wildman–Crippen MR) is 77.0 cm³/mol. The van der Waals surface area contributed by atoms with Crippen molar-refractivity contribution in [2.24, 2.45) is 0 Å². The third-order valence-electron chi connectivity index (χ3n) is 2.83. The maximum atomic E-state index is 5.90. The monoisotopic (exact) mass is 268 g/mol. The molecule has 0 saturated carbocycles. The summed E-state index contributed by atoms with van der Waals surface area (Å²) in [5.74, 6) is 0. The minimum absolute atomic E-state index is 0.746. The van der Waals surface area contributed by atoms with Crippen molar-refractivity contribution in [2.75, 3.05) is 5.73 Å². The molecule has 94 valence electrons. The first kappa shape index (κ1) is 11.9. The molecule has 1 aromatic carbocycles. The number of rotatable bonds is 2. The molecule has 0 fully saturated rings. The van der Waals surface area contributed by atoms with Crippen molar-refractivity contribution in [3.8, 4) is 0 Å². The van der Waals surface area contributed by atoms with Crippen LogP contribution in [0.3, 0.4) is 0 Å². The standard InChI is InChI=1S/C14H12N4S/c1-9-7-16-13(6-11(9)15)19-14-10-4-2-3-5-12(10)17-8-18-14/h2-8H,1H3,(H2,15,16). The first-order valence-corrected chi connectivity index (χ1v) is 6.65. The Bertz CT molecular complexity index is 737. The highest BCUT2D eigenvalue weighted by Crippen LogP contribution is 2.30. The fraction of sp³-hybridized carbons (Fsp3) is 0.0714. The van der Waals surface area contributed by atoms with Crippen molar-refractivity contribution in [1.82, 2.24) is 15.0 Å². The Morgan fingerprint density at radius 1 is 1.11 bits per heavy atom. The highest BCUT2D eigenvalue weighted by atomic mass is 32.2. The van der Waals surface area contributed by atoms with Gasteiger partial charge in [-0.25, -0.2) is 15.0 Å². The Labute approximate surface area is 115 Å². The molecule has 3 rings (SSSR count). The molecule has 0 aliphatic rings. The van der Waals surface area contributed by atoms with Crippen LogP contribution in [0.25, 0.3) is 10.9 Å². The smallest absolute Gasteiger partial charge is 0.117 e. The van der Waals surface area contributed by atoms with Gasteiger partial charge >= 0.3 is 0 Å². The highest BCUT2D eigenvalue weighted by molar-refractivity contribution is 7.99. The third-order valence-corrected chi connectivity index (χ3v) is 3.78. The van der Waals surface area contributed by atoms with Crippen LogP contribution in [0.1, 0.15) is 5.56 Å². The van der Waals surface area contributed by atoms with Crippen LogP contribution in [0.5, 0.6) is 0 Å². The summed E-state index contributed by atoms with van der Waals surface area (Å²) in [4.78, 5) is 12.9. The fourth-order valence-electron chi connectivity index (χ4n) is 1.74. The van der Waals surface area contributed by atoms with E-state index in [9.17, 15) is 0 Å². The quantitative estimate of drug-likeness (QED) is 0.724. The van der Waals surface area contributed by atoms with E-state index in [0.717, 1.165) is 32.2 Å². The second-order valence-corrected chi connectivity index (χ2v) is 5.19. The number of para-hydroxylation sites is 1. The number of pyridine rings is 1. The largest absolute Gasteiger partial charge is 0.398 e. The van der Waals surface area contributed by atoms with E-state index in [-0.39, 0.29) is 0 Å². The molecule has 0 saturated heterocycles. The normalized spacial score (nSPS) is 10.8. The van der Waals surface area contributed by atoms with Crippen LogP contribution in [0, 0.1) is 6.92 Å². The maximum Gasteiger partial charge on any atom is 0.117 e. The molecule has 0 spiro atoms. The number of aryl methyl sites for hydroxylation is 1. The second-order valence-electron chi connectivity index (χ2n) is 4.18. The fourth-order valence-corrected chi connectivity index (χ4v) is 2.61. The highest BCUT2D eigenvalue weighted by Gasteiger charge is 2.07. The van der Waals surface area contributed by atoms with E-state index < -0.39 is 0 Å². The van der Waals surface area contributed by atoms with Crippen molar-refractivity contribution in [2.45, 2.75) is 17.0 Å². The zero-order valence-corrected chi connectivity index (χ0v) is 11.2. The maximum absolute atomic E-state index is 5.90. The van der Waals surface area contributed by atoms with Gasteiger partial charge in [-0.3, -0.25) is 0 Å². The lowest BCUT2D eigenvalue weighted by Gasteiger charge is -2.05. The van der Waals surface area contributed by atoms with Crippen molar-refractivity contribution >= 4 is 28.4 Å². The minimum Gasteiger partial charge on any atom is -0.398 e. The third kappa shape index (κ3) is 2.37. The molecule has 2 N–H and O–H groups in total. The van der Waals surface area contributed by atoms with Crippen molar-refractivity contribution in [3.63, 3.8) is 0 Å². The summed E-state index contributed by atoms with van der Waals surface area (Å²) in [6.45, 7) is 1.94. The van der Waals surface area contributed by atoms with Gasteiger partial charge in [0.15, 0.2) is 0 Å². The summed E-state index contributed by atoms with van der Waals surface area (Å²) < 4.78 is 0. The Morgan fingerprint density at radius 3 is 2.79 bits per heavy atom. The summed E-state index contributed by atoms with van der Waals surface area (Å²) in [6, 6.07) is 9.79. The van der Waals surface area contributed by atoms with Gasteiger partial charge in [0, 0.05) is 17.3 Å². The minimum atomic E-state index is 0.746. The molecular formula is C14H12N4S. The molecule has 3 aromatic rings. The molecule has 0 bridgehead atoms. The van der Waals surface area contributed by atoms with Crippen LogP contribution in [0.15, 0.2) is 52.9 Å². The lowest BCUT2D eigenvalue weighted by molar-refractivity contribution is 1.07. The van der Waals surface area contributed by atoms with Gasteiger partial charge < -0.3 is 5.73 Å². The lowest BCUT2D eigenvalue weighted by atomic mass is 10.2. The van der Waals surface area contributed by atoms with Crippen LogP contribution in [-0.2, 0) is 0 Å². The average Bonchev–Trinajstić information content (AvgIpc) is 2.43. The molecule has 0 amide bonds. The van der Waals surface area contributed by atoms with Crippen molar-refractivity contribution in [1.29, 1.82) is 0 Å². The van der Waals surface area contributed by atoms with Crippen LogP contribution >= 0.6 is 11.8 Å². The van der Waals surface area contributed by atoms with Crippen molar-refractivity contribution in [3.05, 3.63) is 48.4 Å². The van der Waals surface area contributed by atoms with Crippen LogP contribution in [0.2, 0.25) is 0 Å². The van der Waals surface area contributed by atoms with Gasteiger partial charge in [-0.2, -0.15) is 0 Å². The van der Waals surface area contributed by atoms with E-state index in [1.807, 2.05) is 37.3 Å². The topological polar surface area (TPSA) is 64.7 Å². The molecular weight excluding hydrogens is 256 g/mol. The van der Waals surface area contributed by atoms with Crippen LogP contribution in [-0.4, -0.2) is 15.0 Å². The SMILES string of the molecule is Cc1cnc(Sc2ncnc3ccccc23)cc1N. The number of nitrogens with two attached hydrogens (primary N) is 1. The van der Waals surface area contributed by atoms with E-state index in [2.05, 4.69) is 15.0 Å². The van der Waals surface area contributed by atoms with Gasteiger partial charge in [0.25, 0.3) is 0 Å². The second kappa shape index (κ2) is 4.85. The molecule has 0 aliphatic heterocycles. The van der Waals surface area contributed by atoms with E-state index in [4.69, 9.17) is 5.73 Å². The zero-order valence-electron chi connectivity index (χ0n) is 10.4. The molecule has 0 radical (unpaired) electrons. The Kier molecular flexibility index (Phi) is 3.05. The number of nitrogens with zero attached hydrogens (tertiary/aromatic N) is 3. The Balaban J connectivity index is 2.03. The van der Waals surface area contributed by atoms with Gasteiger partial charge in [-0.05, 0) is 36.4 Å². The molecule has 2 heterocycles. The predicted octanol–water partition coefficient (Wildman–Crippen LogP) is 3.07. The summed E-state index contributed by atoms with van der Waals surface area (Å²) in [5.41, 5.74) is 8.56. The number of hydrogen-bond acceptors (Lipinski definition) is 5. The number of aromatic nitrogens is 3. The van der Waals surface area contributed by atoms with Crippen LogP contribution in [0.4, 0.5) is 5.69 Å². The molecule has 0 unspecified atom stereocenters. The lowest BCUT2D eigenvalue weighted by Crippen LogP contribution is -1.93. The number of benzene rings is 1. The van der Waals surface area contributed by atoms with Gasteiger partial charge in [-0.15, -0.1) is 0 Å². The molecule has 5 heteroatoms. The van der Waals surface area contributed by atoms with Crippen molar-refractivity contribution < 1.29 is 0 Å². The summed E-state index contributed by atoms with van der Waals surface area (Å²) >= 11 is 1.50. The molecule has 0 atom stereocenters. The van der Waals surface area contributed by atoms with Crippen LogP contribution < -0.4 is 5.73 Å². The summed E-state index contributed by atoms with van der Waals surface area (Å²) in [6.07, 6.45) is 3.35. The molecule has 19 heavy (non-hydrogen) atoms. The zero-order chi connectivity index (χ0) is 13.2. The number of hydrogen-bond donors (Lipinski definition) is 1. The first-order valence-electron chi connectivity index (χ1n) is 5.84. The van der Waals surface area contributed by atoms with Gasteiger partial charge in [0.2, 0.25) is 0 Å². The average molecular weight is 268 g/mol. The Morgan fingerprint density at radius 2 is 1.95 bits per heavy atom. The van der Waals surface area contributed by atoms with Gasteiger partial charge in [0.05, 0.1) is 5.52 Å². The molecule has 4 nitrogen and oxygen atoms in total. The van der Waals surface area contributed by atoms with Gasteiger partial charge in [0.1, 0.15) is 16.4 Å². The van der Waals surface area contributed by atoms with E-state index in [1.54, 1.807) is 12.5 Å². The number of fused-ring (bicyclic) bond motifs is 1. The van der Waals surface area contributed by atoms with E-state index >= 15 is 0 Å². The number of anilines is 1. The first-order chi connectivity index (χ1) is 9.24. The van der Waals surface area contributed by atoms with Gasteiger partial charge in [-0.1, -0.05) is 18.2 Å². The Hall–Kier alpha value is -2.14. The summed E-state index contributed by atoms with van der Waals surface area (Å²) in [5, 5.41) is 2.75. The summed E-state index contributed by atoms with van der Waals surface area (Å²) in [7, 11) is 0. The number of nitrogen functional groups attached to an aromatic ring is 1. The van der Waals surface area contributed by atoms with E-state index in [1.165, 1.54) is 11.8 Å². The molecule has 2 aromatic heterocycles. The molecule has 0 aliphatic carbocycles.